The first-order chi connectivity index (χ1) is 9.22. The Morgan fingerprint density at radius 3 is 2.58 bits per heavy atom. The van der Waals surface area contributed by atoms with E-state index in [1.54, 1.807) is 11.0 Å². The highest BCUT2D eigenvalue weighted by molar-refractivity contribution is 5.94. The number of nitrogens with zero attached hydrogens (tertiary/aromatic N) is 1. The summed E-state index contributed by atoms with van der Waals surface area (Å²) in [7, 11) is 0. The fourth-order valence-electron chi connectivity index (χ4n) is 1.93. The van der Waals surface area contributed by atoms with Gasteiger partial charge in [-0.25, -0.2) is 0 Å². The van der Waals surface area contributed by atoms with Crippen LogP contribution in [0.2, 0.25) is 0 Å². The Kier molecular flexibility index (Phi) is 6.90. The molecule has 0 unspecified atom stereocenters. The standard InChI is InChI=1S/C16H23NO2/c1-3-5-6-14-7-9-15(10-8-14)16(19)17(11-4-2)12-13-18/h4,7-10,18H,2-3,5-6,11-13H2,1H3. The van der Waals surface area contributed by atoms with Crippen molar-refractivity contribution in [2.75, 3.05) is 19.7 Å². The van der Waals surface area contributed by atoms with Gasteiger partial charge in [-0.3, -0.25) is 4.79 Å². The second-order valence-corrected chi connectivity index (χ2v) is 4.56. The van der Waals surface area contributed by atoms with Crippen molar-refractivity contribution in [3.63, 3.8) is 0 Å². The predicted molar refractivity (Wildman–Crippen MR) is 78.2 cm³/mol. The first kappa shape index (κ1) is 15.4. The number of hydrogen-bond acceptors (Lipinski definition) is 2. The maximum atomic E-state index is 12.2. The largest absolute Gasteiger partial charge is 0.395 e. The van der Waals surface area contributed by atoms with Gasteiger partial charge in [-0.2, -0.15) is 0 Å². The van der Waals surface area contributed by atoms with Gasteiger partial charge in [-0.05, 0) is 30.5 Å². The summed E-state index contributed by atoms with van der Waals surface area (Å²) in [6.45, 7) is 6.56. The van der Waals surface area contributed by atoms with E-state index in [4.69, 9.17) is 5.11 Å². The molecule has 3 nitrogen and oxygen atoms in total. The second-order valence-electron chi connectivity index (χ2n) is 4.56. The topological polar surface area (TPSA) is 40.5 Å². The molecule has 0 aliphatic heterocycles. The van der Waals surface area contributed by atoms with E-state index >= 15 is 0 Å². The van der Waals surface area contributed by atoms with Gasteiger partial charge < -0.3 is 10.0 Å². The average Bonchev–Trinajstić information content (AvgIpc) is 2.44. The summed E-state index contributed by atoms with van der Waals surface area (Å²) in [5.74, 6) is -0.0593. The molecule has 0 saturated carbocycles. The van der Waals surface area contributed by atoms with Crippen molar-refractivity contribution in [1.29, 1.82) is 0 Å². The lowest BCUT2D eigenvalue weighted by Gasteiger charge is -2.20. The number of rotatable bonds is 8. The minimum Gasteiger partial charge on any atom is -0.395 e. The molecule has 0 fully saturated rings. The Morgan fingerprint density at radius 1 is 1.37 bits per heavy atom. The van der Waals surface area contributed by atoms with Gasteiger partial charge in [0.2, 0.25) is 0 Å². The molecule has 0 atom stereocenters. The van der Waals surface area contributed by atoms with Crippen LogP contribution in [0.1, 0.15) is 35.7 Å². The van der Waals surface area contributed by atoms with Crippen molar-refractivity contribution in [1.82, 2.24) is 4.90 Å². The number of aryl methyl sites for hydroxylation is 1. The first-order valence-corrected chi connectivity index (χ1v) is 6.82. The van der Waals surface area contributed by atoms with Crippen molar-refractivity contribution in [3.05, 3.63) is 48.0 Å². The van der Waals surface area contributed by atoms with Gasteiger partial charge in [-0.1, -0.05) is 31.6 Å². The zero-order valence-corrected chi connectivity index (χ0v) is 11.6. The summed E-state index contributed by atoms with van der Waals surface area (Å²) in [6, 6.07) is 7.74. The van der Waals surface area contributed by atoms with E-state index in [1.165, 1.54) is 18.4 Å². The van der Waals surface area contributed by atoms with Gasteiger partial charge in [0.25, 0.3) is 5.91 Å². The van der Waals surface area contributed by atoms with E-state index in [1.807, 2.05) is 24.3 Å². The smallest absolute Gasteiger partial charge is 0.254 e. The zero-order valence-electron chi connectivity index (χ0n) is 11.6. The molecule has 1 amide bonds. The van der Waals surface area contributed by atoms with Gasteiger partial charge in [0, 0.05) is 18.7 Å². The van der Waals surface area contributed by atoms with Crippen molar-refractivity contribution in [2.24, 2.45) is 0 Å². The number of carbonyl (C=O) groups excluding carboxylic acids is 1. The molecule has 0 spiro atoms. The minimum atomic E-state index is -0.0593. The molecule has 0 heterocycles. The van der Waals surface area contributed by atoms with E-state index in [-0.39, 0.29) is 12.5 Å². The number of benzene rings is 1. The Morgan fingerprint density at radius 2 is 2.05 bits per heavy atom. The molecule has 1 N–H and O–H groups in total. The summed E-state index contributed by atoms with van der Waals surface area (Å²) >= 11 is 0. The molecule has 0 aliphatic carbocycles. The highest BCUT2D eigenvalue weighted by Gasteiger charge is 2.13. The molecule has 0 bridgehead atoms. The number of amides is 1. The maximum Gasteiger partial charge on any atom is 0.254 e. The Labute approximate surface area is 115 Å². The number of unbranched alkanes of at least 4 members (excludes halogenated alkanes) is 1. The third kappa shape index (κ3) is 4.87. The van der Waals surface area contributed by atoms with Crippen LogP contribution in [0.3, 0.4) is 0 Å². The number of aliphatic hydroxyl groups is 1. The fourth-order valence-corrected chi connectivity index (χ4v) is 1.93. The SMILES string of the molecule is C=CCN(CCO)C(=O)c1ccc(CCCC)cc1. The predicted octanol–water partition coefficient (Wildman–Crippen LogP) is 2.65. The Balaban J connectivity index is 2.72. The van der Waals surface area contributed by atoms with Crippen LogP contribution in [0, 0.1) is 0 Å². The highest BCUT2D eigenvalue weighted by Crippen LogP contribution is 2.10. The molecule has 0 saturated heterocycles. The lowest BCUT2D eigenvalue weighted by Crippen LogP contribution is -2.33. The van der Waals surface area contributed by atoms with Crippen molar-refractivity contribution in [2.45, 2.75) is 26.2 Å². The van der Waals surface area contributed by atoms with Crippen molar-refractivity contribution >= 4 is 5.91 Å². The van der Waals surface area contributed by atoms with Crippen LogP contribution in [0.4, 0.5) is 0 Å². The van der Waals surface area contributed by atoms with Crippen LogP contribution >= 0.6 is 0 Å². The zero-order chi connectivity index (χ0) is 14.1. The van der Waals surface area contributed by atoms with E-state index in [2.05, 4.69) is 13.5 Å². The van der Waals surface area contributed by atoms with Crippen LogP contribution in [0.15, 0.2) is 36.9 Å². The van der Waals surface area contributed by atoms with Crippen LogP contribution in [-0.4, -0.2) is 35.6 Å². The molecule has 3 heteroatoms. The molecule has 19 heavy (non-hydrogen) atoms. The molecule has 0 radical (unpaired) electrons. The van der Waals surface area contributed by atoms with Crippen molar-refractivity contribution in [3.8, 4) is 0 Å². The summed E-state index contributed by atoms with van der Waals surface area (Å²) in [6.07, 6.45) is 5.06. The molecule has 1 rings (SSSR count). The highest BCUT2D eigenvalue weighted by atomic mass is 16.3. The third-order valence-electron chi connectivity index (χ3n) is 3.03. The van der Waals surface area contributed by atoms with Gasteiger partial charge in [0.15, 0.2) is 0 Å². The van der Waals surface area contributed by atoms with Gasteiger partial charge in [0.05, 0.1) is 6.61 Å². The van der Waals surface area contributed by atoms with Gasteiger partial charge in [-0.15, -0.1) is 6.58 Å². The quantitative estimate of drug-likeness (QED) is 0.731. The lowest BCUT2D eigenvalue weighted by atomic mass is 10.1. The number of carbonyl (C=O) groups is 1. The van der Waals surface area contributed by atoms with Crippen LogP contribution in [-0.2, 0) is 6.42 Å². The molecule has 104 valence electrons. The molecular formula is C16H23NO2. The Bertz CT molecular complexity index is 398. The maximum absolute atomic E-state index is 12.2. The second kappa shape index (κ2) is 8.48. The molecule has 0 aliphatic rings. The molecule has 1 aromatic carbocycles. The van der Waals surface area contributed by atoms with E-state index in [0.29, 0.717) is 18.7 Å². The molecule has 1 aromatic rings. The Hall–Kier alpha value is -1.61. The summed E-state index contributed by atoms with van der Waals surface area (Å²) in [5, 5.41) is 8.97. The summed E-state index contributed by atoms with van der Waals surface area (Å²) in [5.41, 5.74) is 1.92. The van der Waals surface area contributed by atoms with Crippen LogP contribution < -0.4 is 0 Å². The van der Waals surface area contributed by atoms with Gasteiger partial charge in [0.1, 0.15) is 0 Å². The van der Waals surface area contributed by atoms with Crippen LogP contribution in [0.5, 0.6) is 0 Å². The first-order valence-electron chi connectivity index (χ1n) is 6.82. The fraction of sp³-hybridized carbons (Fsp3) is 0.438. The van der Waals surface area contributed by atoms with Gasteiger partial charge >= 0.3 is 0 Å². The number of hydrogen-bond donors (Lipinski definition) is 1. The molecular weight excluding hydrogens is 238 g/mol. The average molecular weight is 261 g/mol. The normalized spacial score (nSPS) is 10.2. The summed E-state index contributed by atoms with van der Waals surface area (Å²) in [4.78, 5) is 13.8. The monoisotopic (exact) mass is 261 g/mol. The van der Waals surface area contributed by atoms with E-state index in [9.17, 15) is 4.79 Å². The molecule has 0 aromatic heterocycles. The van der Waals surface area contributed by atoms with E-state index in [0.717, 1.165) is 6.42 Å². The van der Waals surface area contributed by atoms with Crippen molar-refractivity contribution < 1.29 is 9.90 Å². The summed E-state index contributed by atoms with van der Waals surface area (Å²) < 4.78 is 0. The number of aliphatic hydroxyl groups excluding tert-OH is 1. The third-order valence-corrected chi connectivity index (χ3v) is 3.03. The minimum absolute atomic E-state index is 0.0336. The van der Waals surface area contributed by atoms with E-state index < -0.39 is 0 Å². The lowest BCUT2D eigenvalue weighted by molar-refractivity contribution is 0.0743. The van der Waals surface area contributed by atoms with Crippen LogP contribution in [0.25, 0.3) is 0 Å².